The lowest BCUT2D eigenvalue weighted by Gasteiger charge is -2.36. The molecule has 0 spiro atoms. The van der Waals surface area contributed by atoms with Crippen LogP contribution in [0.4, 0.5) is 5.69 Å². The van der Waals surface area contributed by atoms with E-state index in [0.717, 1.165) is 16.8 Å². The molecule has 1 unspecified atom stereocenters. The Labute approximate surface area is 125 Å². The van der Waals surface area contributed by atoms with Gasteiger partial charge in [0.05, 0.1) is 7.11 Å². The van der Waals surface area contributed by atoms with Gasteiger partial charge in [-0.25, -0.2) is 4.79 Å². The Bertz CT molecular complexity index is 575. The zero-order valence-corrected chi connectivity index (χ0v) is 12.9. The fourth-order valence-corrected chi connectivity index (χ4v) is 2.79. The van der Waals surface area contributed by atoms with Crippen molar-refractivity contribution in [1.82, 2.24) is 0 Å². The number of ether oxygens (including phenoxy) is 1. The molecule has 0 radical (unpaired) electrons. The third kappa shape index (κ3) is 2.84. The van der Waals surface area contributed by atoms with Gasteiger partial charge < -0.3 is 4.74 Å². The molecule has 1 amide bonds. The molecule has 0 fully saturated rings. The van der Waals surface area contributed by atoms with Crippen LogP contribution in [0.2, 0.25) is 0 Å². The first-order valence-corrected chi connectivity index (χ1v) is 7.13. The van der Waals surface area contributed by atoms with Crippen LogP contribution in [0.15, 0.2) is 41.5 Å². The quantitative estimate of drug-likeness (QED) is 0.803. The Morgan fingerprint density at radius 2 is 1.90 bits per heavy atom. The molecular weight excluding hydrogens is 266 g/mol. The summed E-state index contributed by atoms with van der Waals surface area (Å²) in [6, 6.07) is 8.67. The van der Waals surface area contributed by atoms with Gasteiger partial charge in [0.25, 0.3) is 5.91 Å². The van der Waals surface area contributed by atoms with E-state index >= 15 is 0 Å². The lowest BCUT2D eigenvalue weighted by Crippen LogP contribution is -2.50. The first-order valence-electron chi connectivity index (χ1n) is 7.13. The molecular formula is C17H21NO3. The van der Waals surface area contributed by atoms with Crippen LogP contribution in [0.5, 0.6) is 0 Å². The molecule has 2 rings (SSSR count). The normalized spacial score (nSPS) is 19.2. The number of carbonyl (C=O) groups excluding carboxylic acids is 2. The largest absolute Gasteiger partial charge is 0.467 e. The van der Waals surface area contributed by atoms with Crippen LogP contribution in [0.25, 0.3) is 0 Å². The van der Waals surface area contributed by atoms with E-state index in [2.05, 4.69) is 0 Å². The smallest absolute Gasteiger partial charge is 0.329 e. The molecule has 0 saturated heterocycles. The second-order valence-electron chi connectivity index (χ2n) is 5.56. The van der Waals surface area contributed by atoms with Gasteiger partial charge in [0.1, 0.15) is 6.04 Å². The third-order valence-electron chi connectivity index (χ3n) is 3.95. The van der Waals surface area contributed by atoms with Crippen molar-refractivity contribution in [3.05, 3.63) is 41.5 Å². The molecule has 4 heteroatoms. The summed E-state index contributed by atoms with van der Waals surface area (Å²) in [6.07, 6.45) is 0.525. The van der Waals surface area contributed by atoms with Gasteiger partial charge in [-0.05, 0) is 25.0 Å². The first kappa shape index (κ1) is 15.3. The van der Waals surface area contributed by atoms with E-state index in [4.69, 9.17) is 4.74 Å². The Kier molecular flexibility index (Phi) is 4.46. The van der Waals surface area contributed by atoms with Crippen molar-refractivity contribution >= 4 is 17.6 Å². The zero-order chi connectivity index (χ0) is 15.6. The summed E-state index contributed by atoms with van der Waals surface area (Å²) in [4.78, 5) is 26.4. The molecule has 1 heterocycles. The number of esters is 1. The minimum Gasteiger partial charge on any atom is -0.467 e. The predicted octanol–water partition coefficient (Wildman–Crippen LogP) is 2.94. The van der Waals surface area contributed by atoms with E-state index in [1.807, 2.05) is 51.1 Å². The maximum absolute atomic E-state index is 12.7. The number of carbonyl (C=O) groups is 2. The molecule has 1 aromatic carbocycles. The lowest BCUT2D eigenvalue weighted by molar-refractivity contribution is -0.143. The van der Waals surface area contributed by atoms with E-state index in [1.165, 1.54) is 7.11 Å². The second kappa shape index (κ2) is 6.12. The van der Waals surface area contributed by atoms with E-state index in [0.29, 0.717) is 6.42 Å². The van der Waals surface area contributed by atoms with Crippen molar-refractivity contribution in [1.29, 1.82) is 0 Å². The number of anilines is 1. The Hall–Kier alpha value is -2.10. The zero-order valence-electron chi connectivity index (χ0n) is 12.9. The average Bonchev–Trinajstić information content (AvgIpc) is 2.49. The molecule has 1 aliphatic heterocycles. The van der Waals surface area contributed by atoms with Gasteiger partial charge in [-0.15, -0.1) is 0 Å². The SMILES string of the molecule is COC(=O)C1CC(C(C)C)=C(C)C(=O)N1c1ccccc1. The van der Waals surface area contributed by atoms with Crippen LogP contribution in [0.1, 0.15) is 27.2 Å². The van der Waals surface area contributed by atoms with Gasteiger partial charge in [0.15, 0.2) is 0 Å². The van der Waals surface area contributed by atoms with Crippen LogP contribution in [0.3, 0.4) is 0 Å². The molecule has 1 atom stereocenters. The third-order valence-corrected chi connectivity index (χ3v) is 3.95. The molecule has 1 aliphatic rings. The van der Waals surface area contributed by atoms with Crippen molar-refractivity contribution in [2.24, 2.45) is 5.92 Å². The summed E-state index contributed by atoms with van der Waals surface area (Å²) < 4.78 is 4.90. The highest BCUT2D eigenvalue weighted by Crippen LogP contribution is 2.33. The van der Waals surface area contributed by atoms with Gasteiger partial charge in [0, 0.05) is 17.7 Å². The predicted molar refractivity (Wildman–Crippen MR) is 81.9 cm³/mol. The summed E-state index contributed by atoms with van der Waals surface area (Å²) in [6.45, 7) is 5.92. The van der Waals surface area contributed by atoms with Crippen LogP contribution < -0.4 is 4.90 Å². The molecule has 0 N–H and O–H groups in total. The highest BCUT2D eigenvalue weighted by Gasteiger charge is 2.38. The second-order valence-corrected chi connectivity index (χ2v) is 5.56. The van der Waals surface area contributed by atoms with Crippen molar-refractivity contribution in [3.63, 3.8) is 0 Å². The highest BCUT2D eigenvalue weighted by molar-refractivity contribution is 6.10. The van der Waals surface area contributed by atoms with Crippen LogP contribution in [0, 0.1) is 5.92 Å². The summed E-state index contributed by atoms with van der Waals surface area (Å²) in [5.74, 6) is -0.261. The molecule has 4 nitrogen and oxygen atoms in total. The molecule has 0 saturated carbocycles. The van der Waals surface area contributed by atoms with Crippen LogP contribution in [-0.2, 0) is 14.3 Å². The molecule has 112 valence electrons. The summed E-state index contributed by atoms with van der Waals surface area (Å²) in [5, 5.41) is 0. The number of hydrogen-bond donors (Lipinski definition) is 0. The van der Waals surface area contributed by atoms with Crippen molar-refractivity contribution in [2.75, 3.05) is 12.0 Å². The van der Waals surface area contributed by atoms with Gasteiger partial charge >= 0.3 is 5.97 Å². The fourth-order valence-electron chi connectivity index (χ4n) is 2.79. The molecule has 0 bridgehead atoms. The Morgan fingerprint density at radius 3 is 2.43 bits per heavy atom. The summed E-state index contributed by atoms with van der Waals surface area (Å²) in [7, 11) is 1.36. The minimum atomic E-state index is -0.592. The van der Waals surface area contributed by atoms with Gasteiger partial charge in [0.2, 0.25) is 0 Å². The number of para-hydroxylation sites is 1. The van der Waals surface area contributed by atoms with Crippen molar-refractivity contribution in [2.45, 2.75) is 33.2 Å². The van der Waals surface area contributed by atoms with E-state index < -0.39 is 6.04 Å². The van der Waals surface area contributed by atoms with Crippen LogP contribution >= 0.6 is 0 Å². The summed E-state index contributed by atoms with van der Waals surface area (Å²) in [5.41, 5.74) is 2.48. The average molecular weight is 287 g/mol. The molecule has 0 aromatic heterocycles. The summed E-state index contributed by atoms with van der Waals surface area (Å²) >= 11 is 0. The van der Waals surface area contributed by atoms with Gasteiger partial charge in [-0.1, -0.05) is 37.6 Å². The number of rotatable bonds is 3. The lowest BCUT2D eigenvalue weighted by atomic mass is 9.86. The number of methoxy groups -OCH3 is 1. The molecule has 1 aromatic rings. The maximum Gasteiger partial charge on any atom is 0.329 e. The topological polar surface area (TPSA) is 46.6 Å². The molecule has 0 aliphatic carbocycles. The molecule has 21 heavy (non-hydrogen) atoms. The van der Waals surface area contributed by atoms with E-state index in [1.54, 1.807) is 4.90 Å². The number of nitrogens with zero attached hydrogens (tertiary/aromatic N) is 1. The minimum absolute atomic E-state index is 0.119. The van der Waals surface area contributed by atoms with E-state index in [9.17, 15) is 9.59 Å². The number of benzene rings is 1. The highest BCUT2D eigenvalue weighted by atomic mass is 16.5. The fraction of sp³-hybridized carbons (Fsp3) is 0.412. The first-order chi connectivity index (χ1) is 9.97. The van der Waals surface area contributed by atoms with Gasteiger partial charge in [-0.2, -0.15) is 0 Å². The van der Waals surface area contributed by atoms with Crippen LogP contribution in [-0.4, -0.2) is 25.0 Å². The van der Waals surface area contributed by atoms with E-state index in [-0.39, 0.29) is 17.8 Å². The van der Waals surface area contributed by atoms with Crippen molar-refractivity contribution < 1.29 is 14.3 Å². The Morgan fingerprint density at radius 1 is 1.29 bits per heavy atom. The monoisotopic (exact) mass is 287 g/mol. The maximum atomic E-state index is 12.7. The van der Waals surface area contributed by atoms with Gasteiger partial charge in [-0.3, -0.25) is 9.69 Å². The standard InChI is InChI=1S/C17H21NO3/c1-11(2)14-10-15(17(20)21-4)18(16(19)12(14)3)13-8-6-5-7-9-13/h5-9,11,15H,10H2,1-4H3. The number of hydrogen-bond acceptors (Lipinski definition) is 3. The Balaban J connectivity index is 2.50. The van der Waals surface area contributed by atoms with Crippen molar-refractivity contribution in [3.8, 4) is 0 Å². The number of amides is 1.